The molecular formula is C38H38N4O10. The van der Waals surface area contributed by atoms with Gasteiger partial charge in [0, 0.05) is 56.5 Å². The number of benzene rings is 3. The van der Waals surface area contributed by atoms with Crippen LogP contribution < -0.4 is 24.8 Å². The smallest absolute Gasteiger partial charge is 0.339 e. The number of fused-ring (bicyclic) bond motifs is 7. The molecule has 0 aliphatic carbocycles. The highest BCUT2D eigenvalue weighted by Gasteiger charge is 2.35. The SMILES string of the molecule is CC(=O)O.COC(=O)c1cncc(C(=O)N2CC[C@H]3Oc4ccc(cc4)CNC(=O)COc4cccc(c4)-c4cc(ccc4OC)C(=O)N[C@@H]3C2)c1. The molecule has 0 saturated carbocycles. The van der Waals surface area contributed by atoms with Crippen LogP contribution in [0.4, 0.5) is 0 Å². The first-order valence-corrected chi connectivity index (χ1v) is 16.3. The molecule has 0 radical (unpaired) electrons. The standard InChI is InChI=1S/C36H34N4O8.C2H4O2/c1-45-31-11-8-24-16-29(31)23-4-3-5-28(15-23)47-21-33(41)38-17-22-6-9-27(10-7-22)48-32-12-13-40(20-30(32)39-34(24)42)35(43)25-14-26(19-37-18-25)36(44)46-2;1-2(3)4/h3-11,14-16,18-19,30,32H,12-13,17,20-21H2,1-2H3,(H,38,41)(H,39,42);1H3,(H,3,4)/t30-,32-;/m1./s1. The topological polar surface area (TPSA) is 183 Å². The van der Waals surface area contributed by atoms with Crippen molar-refractivity contribution in [1.29, 1.82) is 0 Å². The van der Waals surface area contributed by atoms with E-state index in [4.69, 9.17) is 28.8 Å². The highest BCUT2D eigenvalue weighted by molar-refractivity contribution is 5.98. The van der Waals surface area contributed by atoms with Gasteiger partial charge in [-0.2, -0.15) is 0 Å². The third-order valence-electron chi connectivity index (χ3n) is 8.24. The number of esters is 1. The minimum Gasteiger partial charge on any atom is -0.496 e. The molecule has 270 valence electrons. The van der Waals surface area contributed by atoms with E-state index in [9.17, 15) is 19.2 Å². The summed E-state index contributed by atoms with van der Waals surface area (Å²) in [5.41, 5.74) is 3.00. The number of hydrogen-bond donors (Lipinski definition) is 3. The predicted octanol–water partition coefficient (Wildman–Crippen LogP) is 3.74. The van der Waals surface area contributed by atoms with Crippen molar-refractivity contribution in [2.24, 2.45) is 0 Å². The number of aromatic nitrogens is 1. The van der Waals surface area contributed by atoms with Crippen molar-refractivity contribution in [1.82, 2.24) is 20.5 Å². The first kappa shape index (κ1) is 36.8. The normalized spacial score (nSPS) is 16.9. The van der Waals surface area contributed by atoms with Crippen LogP contribution in [0.25, 0.3) is 11.1 Å². The van der Waals surface area contributed by atoms with E-state index in [-0.39, 0.29) is 42.0 Å². The molecule has 2 atom stereocenters. The van der Waals surface area contributed by atoms with Crippen molar-refractivity contribution >= 4 is 29.7 Å². The third kappa shape index (κ3) is 9.41. The van der Waals surface area contributed by atoms with Gasteiger partial charge < -0.3 is 39.6 Å². The second-order valence-corrected chi connectivity index (χ2v) is 11.9. The molecule has 14 heteroatoms. The van der Waals surface area contributed by atoms with E-state index in [1.165, 1.54) is 25.6 Å². The summed E-state index contributed by atoms with van der Waals surface area (Å²) in [4.78, 5) is 66.7. The highest BCUT2D eigenvalue weighted by Crippen LogP contribution is 2.33. The maximum atomic E-state index is 13.8. The summed E-state index contributed by atoms with van der Waals surface area (Å²) in [5.74, 6) is -0.807. The predicted molar refractivity (Wildman–Crippen MR) is 187 cm³/mol. The van der Waals surface area contributed by atoms with Gasteiger partial charge >= 0.3 is 5.97 Å². The molecule has 4 aromatic rings. The first-order chi connectivity index (χ1) is 25.0. The van der Waals surface area contributed by atoms with Gasteiger partial charge in [0.2, 0.25) is 0 Å². The minimum absolute atomic E-state index is 0.143. The van der Waals surface area contributed by atoms with Crippen LogP contribution in [-0.4, -0.2) is 90.7 Å². The fourth-order valence-corrected chi connectivity index (χ4v) is 5.70. The molecule has 14 nitrogen and oxygen atoms in total. The molecule has 3 N–H and O–H groups in total. The number of aliphatic carboxylic acids is 1. The van der Waals surface area contributed by atoms with Crippen LogP contribution in [0.15, 0.2) is 85.2 Å². The van der Waals surface area contributed by atoms with Crippen LogP contribution in [0.2, 0.25) is 0 Å². The lowest BCUT2D eigenvalue weighted by molar-refractivity contribution is -0.134. The molecule has 0 spiro atoms. The molecular weight excluding hydrogens is 672 g/mol. The largest absolute Gasteiger partial charge is 0.496 e. The lowest BCUT2D eigenvalue weighted by atomic mass is 9.98. The van der Waals surface area contributed by atoms with Crippen LogP contribution in [0.5, 0.6) is 17.2 Å². The molecule has 3 amide bonds. The summed E-state index contributed by atoms with van der Waals surface area (Å²) < 4.78 is 22.6. The lowest BCUT2D eigenvalue weighted by Crippen LogP contribution is -2.58. The third-order valence-corrected chi connectivity index (χ3v) is 8.24. The first-order valence-electron chi connectivity index (χ1n) is 16.3. The molecule has 1 saturated heterocycles. The Morgan fingerprint density at radius 3 is 2.40 bits per heavy atom. The molecule has 3 aromatic carbocycles. The summed E-state index contributed by atoms with van der Waals surface area (Å²) in [5, 5.41) is 13.4. The molecule has 7 rings (SSSR count). The lowest BCUT2D eigenvalue weighted by Gasteiger charge is -2.39. The number of carbonyl (C=O) groups is 5. The Bertz CT molecular complexity index is 1940. The summed E-state index contributed by atoms with van der Waals surface area (Å²) in [7, 11) is 2.81. The molecule has 3 aliphatic heterocycles. The number of likely N-dealkylation sites (tertiary alicyclic amines) is 1. The van der Waals surface area contributed by atoms with Crippen molar-refractivity contribution < 1.29 is 48.0 Å². The molecule has 52 heavy (non-hydrogen) atoms. The van der Waals surface area contributed by atoms with E-state index in [1.54, 1.807) is 60.5 Å². The highest BCUT2D eigenvalue weighted by atomic mass is 16.5. The van der Waals surface area contributed by atoms with Crippen LogP contribution in [0.3, 0.4) is 0 Å². The number of carboxylic acid groups (broad SMARTS) is 1. The number of piperidine rings is 1. The van der Waals surface area contributed by atoms with Crippen molar-refractivity contribution in [3.63, 3.8) is 0 Å². The quantitative estimate of drug-likeness (QED) is 0.264. The maximum absolute atomic E-state index is 13.8. The van der Waals surface area contributed by atoms with Crippen LogP contribution in [0, 0.1) is 0 Å². The molecule has 1 fully saturated rings. The van der Waals surface area contributed by atoms with E-state index < -0.39 is 24.1 Å². The van der Waals surface area contributed by atoms with Gasteiger partial charge in [0.1, 0.15) is 23.4 Å². The average molecular weight is 711 g/mol. The van der Waals surface area contributed by atoms with E-state index >= 15 is 0 Å². The molecule has 6 bridgehead atoms. The van der Waals surface area contributed by atoms with Crippen molar-refractivity contribution in [2.75, 3.05) is 33.9 Å². The number of amides is 3. The van der Waals surface area contributed by atoms with Crippen LogP contribution in [0.1, 0.15) is 50.0 Å². The number of hydrogen-bond acceptors (Lipinski definition) is 10. The van der Waals surface area contributed by atoms with Crippen LogP contribution >= 0.6 is 0 Å². The van der Waals surface area contributed by atoms with Gasteiger partial charge in [-0.25, -0.2) is 4.79 Å². The Hall–Kier alpha value is -6.44. The number of methoxy groups -OCH3 is 2. The maximum Gasteiger partial charge on any atom is 0.339 e. The van der Waals surface area contributed by atoms with Crippen LogP contribution in [-0.2, 0) is 20.9 Å². The average Bonchev–Trinajstić information content (AvgIpc) is 3.16. The van der Waals surface area contributed by atoms with Gasteiger partial charge in [-0.1, -0.05) is 24.3 Å². The number of nitrogens with one attached hydrogen (secondary N) is 2. The Labute approximate surface area is 299 Å². The Morgan fingerprint density at radius 1 is 0.923 bits per heavy atom. The second kappa shape index (κ2) is 17.0. The number of carbonyl (C=O) groups excluding carboxylic acids is 4. The number of pyridine rings is 1. The van der Waals surface area contributed by atoms with E-state index in [0.29, 0.717) is 47.9 Å². The fourth-order valence-electron chi connectivity index (χ4n) is 5.70. The summed E-state index contributed by atoms with van der Waals surface area (Å²) in [6.45, 7) is 1.70. The Kier molecular flexibility index (Phi) is 12.0. The van der Waals surface area contributed by atoms with E-state index in [0.717, 1.165) is 18.1 Å². The molecule has 0 unspecified atom stereocenters. The Morgan fingerprint density at radius 2 is 1.67 bits per heavy atom. The number of rotatable bonds is 3. The number of nitrogens with zero attached hydrogens (tertiary/aromatic N) is 2. The molecule has 1 aromatic heterocycles. The zero-order valence-electron chi connectivity index (χ0n) is 28.8. The van der Waals surface area contributed by atoms with Gasteiger partial charge in [-0.15, -0.1) is 0 Å². The van der Waals surface area contributed by atoms with Gasteiger partial charge in [-0.05, 0) is 59.7 Å². The van der Waals surface area contributed by atoms with Gasteiger partial charge in [-0.3, -0.25) is 24.2 Å². The van der Waals surface area contributed by atoms with Gasteiger partial charge in [0.05, 0.1) is 31.4 Å². The summed E-state index contributed by atoms with van der Waals surface area (Å²) in [6, 6.07) is 20.5. The molecule has 3 aliphatic rings. The number of carboxylic acids is 1. The summed E-state index contributed by atoms with van der Waals surface area (Å²) in [6.07, 6.45) is 2.68. The van der Waals surface area contributed by atoms with E-state index in [2.05, 4.69) is 15.6 Å². The molecule has 4 heterocycles. The zero-order chi connectivity index (χ0) is 37.2. The zero-order valence-corrected chi connectivity index (χ0v) is 28.8. The Balaban J connectivity index is 0.00000124. The van der Waals surface area contributed by atoms with Crippen molar-refractivity contribution in [3.8, 4) is 28.4 Å². The second-order valence-electron chi connectivity index (χ2n) is 11.9. The summed E-state index contributed by atoms with van der Waals surface area (Å²) >= 11 is 0. The minimum atomic E-state index is -0.833. The van der Waals surface area contributed by atoms with Gasteiger partial charge in [0.15, 0.2) is 6.61 Å². The number of ether oxygens (including phenoxy) is 4. The van der Waals surface area contributed by atoms with E-state index in [1.807, 2.05) is 18.2 Å². The fraction of sp³-hybridized carbons (Fsp3) is 0.263. The monoisotopic (exact) mass is 710 g/mol. The van der Waals surface area contributed by atoms with Crippen molar-refractivity contribution in [3.05, 3.63) is 107 Å². The van der Waals surface area contributed by atoms with Crippen molar-refractivity contribution in [2.45, 2.75) is 32.0 Å². The van der Waals surface area contributed by atoms with Gasteiger partial charge in [0.25, 0.3) is 23.7 Å².